The number of halogens is 1. The molecule has 0 bridgehead atoms. The molecule has 2 N–H and O–H groups in total. The van der Waals surface area contributed by atoms with Crippen molar-refractivity contribution in [1.82, 2.24) is 0 Å². The molecule has 0 saturated carbocycles. The highest BCUT2D eigenvalue weighted by Gasteiger charge is 2.28. The lowest BCUT2D eigenvalue weighted by atomic mass is 9.84. The van der Waals surface area contributed by atoms with Crippen LogP contribution in [0.4, 0.5) is 0 Å². The van der Waals surface area contributed by atoms with E-state index in [0.29, 0.717) is 22.3 Å². The van der Waals surface area contributed by atoms with Crippen molar-refractivity contribution < 1.29 is 9.59 Å². The zero-order valence-electron chi connectivity index (χ0n) is 9.39. The molecule has 3 rings (SSSR count). The summed E-state index contributed by atoms with van der Waals surface area (Å²) in [6.45, 7) is 0. The van der Waals surface area contributed by atoms with Crippen LogP contribution in [0.3, 0.4) is 0 Å². The Bertz CT molecular complexity index is 517. The SMILES string of the molecule is NBr.O=C1c2ccccc2C(=O)c2ccccc21. The molecule has 90 valence electrons. The maximum absolute atomic E-state index is 12.1. The number of benzene rings is 2. The van der Waals surface area contributed by atoms with E-state index in [4.69, 9.17) is 0 Å². The van der Waals surface area contributed by atoms with Gasteiger partial charge in [0.1, 0.15) is 0 Å². The van der Waals surface area contributed by atoms with E-state index < -0.39 is 0 Å². The fourth-order valence-corrected chi connectivity index (χ4v) is 2.05. The summed E-state index contributed by atoms with van der Waals surface area (Å²) in [5, 5.41) is 0. The van der Waals surface area contributed by atoms with E-state index in [2.05, 4.69) is 20.9 Å². The molecule has 4 heteroatoms. The lowest BCUT2D eigenvalue weighted by molar-refractivity contribution is 0.0979. The molecule has 18 heavy (non-hydrogen) atoms. The molecular weight excluding hydrogens is 294 g/mol. The maximum Gasteiger partial charge on any atom is 0.194 e. The van der Waals surface area contributed by atoms with Gasteiger partial charge in [-0.05, 0) is 0 Å². The average Bonchev–Trinajstić information content (AvgIpc) is 2.47. The lowest BCUT2D eigenvalue weighted by Gasteiger charge is -2.16. The number of ketones is 2. The number of hydrogen-bond acceptors (Lipinski definition) is 3. The highest BCUT2D eigenvalue weighted by atomic mass is 79.9. The average molecular weight is 304 g/mol. The van der Waals surface area contributed by atoms with Crippen LogP contribution in [-0.4, -0.2) is 11.6 Å². The Morgan fingerprint density at radius 3 is 1.06 bits per heavy atom. The second-order valence-corrected chi connectivity index (χ2v) is 3.75. The van der Waals surface area contributed by atoms with Gasteiger partial charge in [-0.15, -0.1) is 0 Å². The largest absolute Gasteiger partial charge is 0.289 e. The van der Waals surface area contributed by atoms with Crippen LogP contribution in [0.25, 0.3) is 0 Å². The summed E-state index contributed by atoms with van der Waals surface area (Å²) in [5.74, 6) is -0.128. The van der Waals surface area contributed by atoms with Gasteiger partial charge in [-0.1, -0.05) is 48.5 Å². The zero-order chi connectivity index (χ0) is 13.1. The minimum atomic E-state index is -0.0641. The van der Waals surface area contributed by atoms with Gasteiger partial charge in [-0.3, -0.25) is 14.3 Å². The van der Waals surface area contributed by atoms with Gasteiger partial charge in [0.05, 0.1) is 0 Å². The summed E-state index contributed by atoms with van der Waals surface area (Å²) in [4.78, 5) is 24.2. The molecule has 0 saturated heterocycles. The number of carbonyl (C=O) groups excluding carboxylic acids is 2. The second-order valence-electron chi connectivity index (χ2n) is 3.75. The molecule has 0 amide bonds. The number of rotatable bonds is 0. The van der Waals surface area contributed by atoms with Crippen molar-refractivity contribution in [3.63, 3.8) is 0 Å². The van der Waals surface area contributed by atoms with Crippen LogP contribution in [0.5, 0.6) is 0 Å². The van der Waals surface area contributed by atoms with Gasteiger partial charge >= 0.3 is 0 Å². The molecule has 0 spiro atoms. The number of hydrogen-bond donors (Lipinski definition) is 1. The Hall–Kier alpha value is -1.78. The molecular formula is C14H10BrNO2. The Labute approximate surface area is 113 Å². The first-order valence-electron chi connectivity index (χ1n) is 5.28. The first-order valence-corrected chi connectivity index (χ1v) is 6.20. The first kappa shape index (κ1) is 12.7. The third-order valence-corrected chi connectivity index (χ3v) is 2.83. The third kappa shape index (κ3) is 1.89. The maximum atomic E-state index is 12.1. The summed E-state index contributed by atoms with van der Waals surface area (Å²) in [6.07, 6.45) is 0. The van der Waals surface area contributed by atoms with Crippen LogP contribution in [0.1, 0.15) is 31.8 Å². The molecule has 0 radical (unpaired) electrons. The predicted octanol–water partition coefficient (Wildman–Crippen LogP) is 2.72. The Kier molecular flexibility index (Phi) is 3.69. The van der Waals surface area contributed by atoms with Crippen LogP contribution in [0.15, 0.2) is 48.5 Å². The predicted molar refractivity (Wildman–Crippen MR) is 72.9 cm³/mol. The first-order chi connectivity index (χ1) is 8.79. The van der Waals surface area contributed by atoms with Crippen molar-refractivity contribution in [2.24, 2.45) is 4.76 Å². The molecule has 0 unspecified atom stereocenters. The molecule has 2 aromatic rings. The van der Waals surface area contributed by atoms with E-state index in [1.165, 1.54) is 0 Å². The van der Waals surface area contributed by atoms with Gasteiger partial charge in [0.15, 0.2) is 11.6 Å². The molecule has 1 aliphatic rings. The topological polar surface area (TPSA) is 60.2 Å². The van der Waals surface area contributed by atoms with E-state index in [1.807, 2.05) is 0 Å². The van der Waals surface area contributed by atoms with Gasteiger partial charge in [0.25, 0.3) is 0 Å². The molecule has 3 nitrogen and oxygen atoms in total. The van der Waals surface area contributed by atoms with E-state index in [1.54, 1.807) is 48.5 Å². The van der Waals surface area contributed by atoms with Crippen molar-refractivity contribution >= 4 is 27.7 Å². The second kappa shape index (κ2) is 5.25. The number of carbonyl (C=O) groups is 2. The van der Waals surface area contributed by atoms with E-state index in [-0.39, 0.29) is 11.6 Å². The van der Waals surface area contributed by atoms with E-state index in [0.717, 1.165) is 0 Å². The van der Waals surface area contributed by atoms with Gasteiger partial charge in [-0.25, -0.2) is 0 Å². The molecule has 0 atom stereocenters. The highest BCUT2D eigenvalue weighted by Crippen LogP contribution is 2.26. The summed E-state index contributed by atoms with van der Waals surface area (Å²) < 4.78 is 4.31. The molecule has 0 aromatic heterocycles. The molecule has 0 heterocycles. The van der Waals surface area contributed by atoms with E-state index in [9.17, 15) is 9.59 Å². The van der Waals surface area contributed by atoms with Crippen LogP contribution in [0.2, 0.25) is 0 Å². The van der Waals surface area contributed by atoms with Gasteiger partial charge < -0.3 is 0 Å². The van der Waals surface area contributed by atoms with Crippen LogP contribution >= 0.6 is 16.1 Å². The number of fused-ring (bicyclic) bond motifs is 2. The zero-order valence-corrected chi connectivity index (χ0v) is 11.0. The summed E-state index contributed by atoms with van der Waals surface area (Å²) in [5.41, 5.74) is 2.02. The third-order valence-electron chi connectivity index (χ3n) is 2.83. The van der Waals surface area contributed by atoms with Gasteiger partial charge in [-0.2, -0.15) is 0 Å². The summed E-state index contributed by atoms with van der Waals surface area (Å²) in [7, 11) is 0. The molecule has 2 aromatic carbocycles. The lowest BCUT2D eigenvalue weighted by Crippen LogP contribution is -2.20. The van der Waals surface area contributed by atoms with Crippen molar-refractivity contribution in [3.8, 4) is 0 Å². The van der Waals surface area contributed by atoms with Crippen LogP contribution in [-0.2, 0) is 0 Å². The minimum Gasteiger partial charge on any atom is -0.289 e. The monoisotopic (exact) mass is 303 g/mol. The Balaban J connectivity index is 0.000000574. The fourth-order valence-electron chi connectivity index (χ4n) is 2.05. The quantitative estimate of drug-likeness (QED) is 0.650. The fraction of sp³-hybridized carbons (Fsp3) is 0. The van der Waals surface area contributed by atoms with Gasteiger partial charge in [0, 0.05) is 38.4 Å². The van der Waals surface area contributed by atoms with Crippen molar-refractivity contribution in [2.75, 3.05) is 0 Å². The van der Waals surface area contributed by atoms with Gasteiger partial charge in [0.2, 0.25) is 0 Å². The van der Waals surface area contributed by atoms with Crippen molar-refractivity contribution in [1.29, 1.82) is 0 Å². The minimum absolute atomic E-state index is 0.0641. The van der Waals surface area contributed by atoms with E-state index >= 15 is 0 Å². The normalized spacial score (nSPS) is 12.1. The number of nitrogens with two attached hydrogens (primary N) is 1. The van der Waals surface area contributed by atoms with Crippen molar-refractivity contribution in [2.45, 2.75) is 0 Å². The molecule has 1 aliphatic carbocycles. The molecule has 0 fully saturated rings. The standard InChI is InChI=1S/C14H8O2.BrH2N/c15-13-9-5-1-2-6-10(9)14(16)12-8-4-3-7-11(12)13;1-2/h1-8H;2H2. The summed E-state index contributed by atoms with van der Waals surface area (Å²) >= 11 is 2.44. The Morgan fingerprint density at radius 2 is 0.833 bits per heavy atom. The van der Waals surface area contributed by atoms with Crippen LogP contribution in [0, 0.1) is 0 Å². The Morgan fingerprint density at radius 1 is 0.611 bits per heavy atom. The smallest absolute Gasteiger partial charge is 0.194 e. The molecule has 0 aliphatic heterocycles. The van der Waals surface area contributed by atoms with Crippen LogP contribution < -0.4 is 4.76 Å². The van der Waals surface area contributed by atoms with Crippen molar-refractivity contribution in [3.05, 3.63) is 70.8 Å². The highest BCUT2D eigenvalue weighted by molar-refractivity contribution is 9.07. The summed E-state index contributed by atoms with van der Waals surface area (Å²) in [6, 6.07) is 13.9.